The van der Waals surface area contributed by atoms with Gasteiger partial charge in [0.2, 0.25) is 0 Å². The maximum atomic E-state index is 12.3. The number of hydrogen-bond acceptors (Lipinski definition) is 3. The van der Waals surface area contributed by atoms with Crippen LogP contribution in [0.25, 0.3) is 5.69 Å². The Morgan fingerprint density at radius 1 is 1.11 bits per heavy atom. The summed E-state index contributed by atoms with van der Waals surface area (Å²) in [4.78, 5) is 18.4. The van der Waals surface area contributed by atoms with Crippen LogP contribution in [0.2, 0.25) is 0 Å². The van der Waals surface area contributed by atoms with Crippen LogP contribution in [-0.2, 0) is 0 Å². The van der Waals surface area contributed by atoms with Crippen molar-refractivity contribution in [1.29, 1.82) is 0 Å². The van der Waals surface area contributed by atoms with Crippen LogP contribution in [0.15, 0.2) is 41.5 Å². The van der Waals surface area contributed by atoms with Crippen molar-refractivity contribution in [3.05, 3.63) is 52.7 Å². The van der Waals surface area contributed by atoms with E-state index in [1.54, 1.807) is 15.8 Å². The Morgan fingerprint density at radius 3 is 2.21 bits per heavy atom. The van der Waals surface area contributed by atoms with Crippen molar-refractivity contribution in [2.45, 2.75) is 6.92 Å². The van der Waals surface area contributed by atoms with E-state index in [1.165, 1.54) is 0 Å². The highest BCUT2D eigenvalue weighted by Gasteiger charge is 2.10. The van der Waals surface area contributed by atoms with Crippen LogP contribution >= 0.6 is 34.0 Å². The molecule has 0 saturated carbocycles. The van der Waals surface area contributed by atoms with Crippen molar-refractivity contribution in [2.75, 3.05) is 19.0 Å². The largest absolute Gasteiger partial charge is 0.372 e. The van der Waals surface area contributed by atoms with E-state index in [0.717, 1.165) is 11.4 Å². The molecule has 0 fully saturated rings. The van der Waals surface area contributed by atoms with E-state index >= 15 is 0 Å². The van der Waals surface area contributed by atoms with E-state index in [2.05, 4.69) is 4.98 Å². The van der Waals surface area contributed by atoms with E-state index in [1.807, 2.05) is 51.4 Å². The molecule has 104 valence electrons. The topological polar surface area (TPSA) is 38.1 Å². The van der Waals surface area contributed by atoms with Crippen LogP contribution in [0.4, 0.5) is 5.69 Å². The highest BCUT2D eigenvalue weighted by Crippen LogP contribution is 2.11. The van der Waals surface area contributed by atoms with Crippen molar-refractivity contribution in [3.8, 4) is 5.69 Å². The second-order valence-electron chi connectivity index (χ2n) is 4.08. The van der Waals surface area contributed by atoms with Gasteiger partial charge in [0.1, 0.15) is 12.0 Å². The number of halogens is 2. The van der Waals surface area contributed by atoms with Gasteiger partial charge in [0.25, 0.3) is 5.56 Å². The Morgan fingerprint density at radius 2 is 1.68 bits per heavy atom. The third-order valence-corrected chi connectivity index (χ3v) is 2.61. The molecular formula is C13H17Br2N3O. The minimum atomic E-state index is -0.0475. The van der Waals surface area contributed by atoms with E-state index in [4.69, 9.17) is 0 Å². The van der Waals surface area contributed by atoms with Gasteiger partial charge in [-0.3, -0.25) is 9.36 Å². The maximum Gasteiger partial charge on any atom is 0.281 e. The van der Waals surface area contributed by atoms with Gasteiger partial charge in [-0.2, -0.15) is 0 Å². The molecule has 0 aliphatic rings. The normalized spacial score (nSPS) is 9.21. The minimum absolute atomic E-state index is 0. The van der Waals surface area contributed by atoms with Crippen molar-refractivity contribution in [1.82, 2.24) is 9.55 Å². The van der Waals surface area contributed by atoms with Crippen molar-refractivity contribution < 1.29 is 0 Å². The van der Waals surface area contributed by atoms with Crippen LogP contribution in [0.1, 0.15) is 5.69 Å². The van der Waals surface area contributed by atoms with Crippen LogP contribution in [-0.4, -0.2) is 23.6 Å². The van der Waals surface area contributed by atoms with Crippen molar-refractivity contribution in [2.24, 2.45) is 0 Å². The molecule has 0 saturated heterocycles. The fourth-order valence-electron chi connectivity index (χ4n) is 1.81. The first kappa shape index (κ1) is 17.9. The van der Waals surface area contributed by atoms with Crippen LogP contribution in [0.3, 0.4) is 0 Å². The van der Waals surface area contributed by atoms with Gasteiger partial charge in [-0.1, -0.05) is 18.2 Å². The summed E-state index contributed by atoms with van der Waals surface area (Å²) in [5.41, 5.74) is 2.14. The first-order valence-corrected chi connectivity index (χ1v) is 5.42. The fourth-order valence-corrected chi connectivity index (χ4v) is 1.81. The Balaban J connectivity index is 0.00000162. The number of rotatable bonds is 2. The highest BCUT2D eigenvalue weighted by molar-refractivity contribution is 8.93. The molecular weight excluding hydrogens is 374 g/mol. The molecule has 0 atom stereocenters. The molecule has 2 aromatic rings. The number of nitrogens with zero attached hydrogens (tertiary/aromatic N) is 3. The number of anilines is 1. The summed E-state index contributed by atoms with van der Waals surface area (Å²) >= 11 is 0. The van der Waals surface area contributed by atoms with Gasteiger partial charge >= 0.3 is 0 Å². The summed E-state index contributed by atoms with van der Waals surface area (Å²) < 4.78 is 1.56. The summed E-state index contributed by atoms with van der Waals surface area (Å²) in [6, 6.07) is 9.49. The Kier molecular flexibility index (Phi) is 7.00. The first-order valence-electron chi connectivity index (χ1n) is 5.42. The molecule has 1 aromatic carbocycles. The smallest absolute Gasteiger partial charge is 0.281 e. The molecule has 1 aromatic heterocycles. The Hall–Kier alpha value is -1.14. The van der Waals surface area contributed by atoms with Gasteiger partial charge in [0, 0.05) is 14.1 Å². The molecule has 0 aliphatic heterocycles. The van der Waals surface area contributed by atoms with Gasteiger partial charge in [-0.05, 0) is 19.1 Å². The third-order valence-electron chi connectivity index (χ3n) is 2.61. The standard InChI is InChI=1S/C13H15N3O.2BrH/c1-10-12(15(2)3)13(17)16(9-14-10)11-7-5-4-6-8-11;;/h4-9H,1-3H3;2*1H. The molecule has 0 radical (unpaired) electrons. The molecule has 1 heterocycles. The summed E-state index contributed by atoms with van der Waals surface area (Å²) in [6.45, 7) is 1.84. The molecule has 0 bridgehead atoms. The number of para-hydroxylation sites is 1. The first-order chi connectivity index (χ1) is 8.11. The fraction of sp³-hybridized carbons (Fsp3) is 0.231. The van der Waals surface area contributed by atoms with E-state index in [-0.39, 0.29) is 39.5 Å². The summed E-state index contributed by atoms with van der Waals surface area (Å²) in [5, 5.41) is 0. The summed E-state index contributed by atoms with van der Waals surface area (Å²) in [6.07, 6.45) is 1.57. The third kappa shape index (κ3) is 3.67. The zero-order chi connectivity index (χ0) is 12.4. The van der Waals surface area contributed by atoms with Gasteiger partial charge < -0.3 is 4.90 Å². The summed E-state index contributed by atoms with van der Waals surface area (Å²) in [5.74, 6) is 0. The highest BCUT2D eigenvalue weighted by atomic mass is 79.9. The molecule has 4 nitrogen and oxygen atoms in total. The van der Waals surface area contributed by atoms with Gasteiger partial charge in [0.05, 0.1) is 11.4 Å². The summed E-state index contributed by atoms with van der Waals surface area (Å²) in [7, 11) is 3.70. The SMILES string of the molecule is Br.Br.Cc1ncn(-c2ccccc2)c(=O)c1N(C)C. The predicted octanol–water partition coefficient (Wildman–Crippen LogP) is 2.76. The second kappa shape index (κ2) is 7.45. The molecule has 0 aliphatic carbocycles. The average molecular weight is 391 g/mol. The number of aryl methyl sites for hydroxylation is 1. The molecule has 6 heteroatoms. The van der Waals surface area contributed by atoms with Gasteiger partial charge in [0.15, 0.2) is 0 Å². The van der Waals surface area contributed by atoms with E-state index in [9.17, 15) is 4.79 Å². The van der Waals surface area contributed by atoms with Crippen molar-refractivity contribution in [3.63, 3.8) is 0 Å². The van der Waals surface area contributed by atoms with Gasteiger partial charge in [-0.25, -0.2) is 4.98 Å². The molecule has 19 heavy (non-hydrogen) atoms. The van der Waals surface area contributed by atoms with Crippen LogP contribution < -0.4 is 10.5 Å². The van der Waals surface area contributed by atoms with E-state index < -0.39 is 0 Å². The minimum Gasteiger partial charge on any atom is -0.372 e. The quantitative estimate of drug-likeness (QED) is 0.791. The predicted molar refractivity (Wildman–Crippen MR) is 89.5 cm³/mol. The monoisotopic (exact) mass is 389 g/mol. The van der Waals surface area contributed by atoms with Gasteiger partial charge in [-0.15, -0.1) is 34.0 Å². The second-order valence-corrected chi connectivity index (χ2v) is 4.08. The zero-order valence-corrected chi connectivity index (χ0v) is 14.5. The average Bonchev–Trinajstić information content (AvgIpc) is 2.30. The molecule has 0 amide bonds. The molecule has 0 N–H and O–H groups in total. The number of benzene rings is 1. The van der Waals surface area contributed by atoms with E-state index in [0.29, 0.717) is 5.69 Å². The maximum absolute atomic E-state index is 12.3. The molecule has 2 rings (SSSR count). The Labute approximate surface area is 133 Å². The zero-order valence-electron chi connectivity index (χ0n) is 11.0. The lowest BCUT2D eigenvalue weighted by atomic mass is 10.3. The van der Waals surface area contributed by atoms with Crippen LogP contribution in [0, 0.1) is 6.92 Å². The lowest BCUT2D eigenvalue weighted by Gasteiger charge is -2.15. The Bertz CT molecular complexity index is 582. The van der Waals surface area contributed by atoms with Crippen LogP contribution in [0.5, 0.6) is 0 Å². The molecule has 0 spiro atoms. The number of aromatic nitrogens is 2. The molecule has 0 unspecified atom stereocenters. The lowest BCUT2D eigenvalue weighted by molar-refractivity contribution is 0.895. The van der Waals surface area contributed by atoms with Crippen molar-refractivity contribution >= 4 is 39.7 Å². The lowest BCUT2D eigenvalue weighted by Crippen LogP contribution is -2.28. The number of hydrogen-bond donors (Lipinski definition) is 0.